The van der Waals surface area contributed by atoms with Crippen molar-refractivity contribution in [2.24, 2.45) is 0 Å². The molecular weight excluding hydrogens is 369 g/mol. The van der Waals surface area contributed by atoms with E-state index in [4.69, 9.17) is 0 Å². The predicted octanol–water partition coefficient (Wildman–Crippen LogP) is 4.44. The number of benzene rings is 2. The molecule has 144 valence electrons. The van der Waals surface area contributed by atoms with Crippen LogP contribution in [0.25, 0.3) is 0 Å². The Kier molecular flexibility index (Phi) is 5.58. The molecule has 3 rings (SSSR count). The zero-order valence-electron chi connectivity index (χ0n) is 15.1. The lowest BCUT2D eigenvalue weighted by Crippen LogP contribution is -2.27. The van der Waals surface area contributed by atoms with Gasteiger partial charge in [-0.2, -0.15) is 0 Å². The topological polar surface area (TPSA) is 66.9 Å². The Bertz CT molecular complexity index is 1010. The monoisotopic (exact) mass is 386 g/mol. The molecule has 0 saturated heterocycles. The number of anilines is 2. The molecule has 2 N–H and O–H groups in total. The Balaban J connectivity index is 1.81. The third-order valence-corrected chi connectivity index (χ3v) is 4.02. The highest BCUT2D eigenvalue weighted by atomic mass is 19.2. The lowest BCUT2D eigenvalue weighted by molar-refractivity contribution is 0.0934. The summed E-state index contributed by atoms with van der Waals surface area (Å²) in [7, 11) is 0. The van der Waals surface area contributed by atoms with Gasteiger partial charge in [0.05, 0.1) is 11.7 Å². The third kappa shape index (κ3) is 4.28. The number of amides is 1. The minimum absolute atomic E-state index is 0.0563. The van der Waals surface area contributed by atoms with Gasteiger partial charge < -0.3 is 10.6 Å². The van der Waals surface area contributed by atoms with Crippen LogP contribution in [-0.2, 0) is 0 Å². The lowest BCUT2D eigenvalue weighted by atomic mass is 10.1. The highest BCUT2D eigenvalue weighted by molar-refractivity contribution is 5.93. The van der Waals surface area contributed by atoms with E-state index >= 15 is 0 Å². The molecule has 1 aromatic heterocycles. The molecule has 28 heavy (non-hydrogen) atoms. The Hall–Kier alpha value is -3.42. The summed E-state index contributed by atoms with van der Waals surface area (Å²) in [6.45, 7) is 3.46. The quantitative estimate of drug-likeness (QED) is 0.637. The Labute approximate surface area is 159 Å². The molecule has 0 fully saturated rings. The molecule has 1 atom stereocenters. The molecule has 0 bridgehead atoms. The van der Waals surface area contributed by atoms with E-state index in [1.54, 1.807) is 6.92 Å². The summed E-state index contributed by atoms with van der Waals surface area (Å²) in [6.07, 6.45) is 0. The zero-order chi connectivity index (χ0) is 20.3. The summed E-state index contributed by atoms with van der Waals surface area (Å²) in [4.78, 5) is 20.6. The zero-order valence-corrected chi connectivity index (χ0v) is 15.1. The number of rotatable bonds is 5. The van der Waals surface area contributed by atoms with E-state index in [0.717, 1.165) is 17.7 Å². The molecule has 0 spiro atoms. The second-order valence-corrected chi connectivity index (χ2v) is 6.17. The number of aryl methyl sites for hydroxylation is 1. The van der Waals surface area contributed by atoms with Crippen LogP contribution < -0.4 is 10.6 Å². The fourth-order valence-corrected chi connectivity index (χ4v) is 2.58. The molecule has 0 aliphatic rings. The first kappa shape index (κ1) is 19.3. The standard InChI is InChI=1S/C20H17F3N4O/c1-11-10-16(19(28)25-12(2)13-6-4-3-5-7-13)27-20(24-11)26-15-9-8-14(21)17(22)18(15)23/h3-10,12H,1-2H3,(H,25,28)(H,24,26,27). The van der Waals surface area contributed by atoms with Gasteiger partial charge in [-0.05, 0) is 37.6 Å². The molecule has 0 aliphatic heterocycles. The maximum Gasteiger partial charge on any atom is 0.270 e. The molecule has 1 heterocycles. The Morgan fingerprint density at radius 3 is 2.43 bits per heavy atom. The smallest absolute Gasteiger partial charge is 0.270 e. The molecule has 8 heteroatoms. The minimum atomic E-state index is -1.60. The van der Waals surface area contributed by atoms with E-state index in [9.17, 15) is 18.0 Å². The summed E-state index contributed by atoms with van der Waals surface area (Å²) >= 11 is 0. The van der Waals surface area contributed by atoms with Gasteiger partial charge >= 0.3 is 0 Å². The largest absolute Gasteiger partial charge is 0.344 e. The molecule has 3 aromatic rings. The van der Waals surface area contributed by atoms with Crippen LogP contribution in [0.15, 0.2) is 48.5 Å². The summed E-state index contributed by atoms with van der Waals surface area (Å²) < 4.78 is 40.3. The fourth-order valence-electron chi connectivity index (χ4n) is 2.58. The van der Waals surface area contributed by atoms with E-state index < -0.39 is 23.4 Å². The van der Waals surface area contributed by atoms with Gasteiger partial charge in [-0.15, -0.1) is 0 Å². The van der Waals surface area contributed by atoms with Crippen molar-refractivity contribution >= 4 is 17.5 Å². The number of carbonyl (C=O) groups is 1. The van der Waals surface area contributed by atoms with Gasteiger partial charge in [0.1, 0.15) is 5.69 Å². The maximum absolute atomic E-state index is 13.9. The number of hydrogen-bond donors (Lipinski definition) is 2. The van der Waals surface area contributed by atoms with E-state index in [1.807, 2.05) is 37.3 Å². The second-order valence-electron chi connectivity index (χ2n) is 6.17. The fraction of sp³-hybridized carbons (Fsp3) is 0.150. The summed E-state index contributed by atoms with van der Waals surface area (Å²) in [5, 5.41) is 5.30. The number of hydrogen-bond acceptors (Lipinski definition) is 4. The molecule has 1 unspecified atom stereocenters. The van der Waals surface area contributed by atoms with Crippen molar-refractivity contribution in [3.8, 4) is 0 Å². The van der Waals surface area contributed by atoms with Gasteiger partial charge in [-0.25, -0.2) is 23.1 Å². The second kappa shape index (κ2) is 8.08. The first-order valence-electron chi connectivity index (χ1n) is 8.47. The third-order valence-electron chi connectivity index (χ3n) is 4.02. The SMILES string of the molecule is Cc1cc(C(=O)NC(C)c2ccccc2)nc(Nc2ccc(F)c(F)c2F)n1. The van der Waals surface area contributed by atoms with E-state index in [0.29, 0.717) is 5.69 Å². The molecule has 0 saturated carbocycles. The highest BCUT2D eigenvalue weighted by Crippen LogP contribution is 2.22. The van der Waals surface area contributed by atoms with Crippen molar-refractivity contribution in [3.05, 3.63) is 82.9 Å². The number of halogens is 3. The number of nitrogens with zero attached hydrogens (tertiary/aromatic N) is 2. The summed E-state index contributed by atoms with van der Waals surface area (Å²) in [6, 6.07) is 12.4. The minimum Gasteiger partial charge on any atom is -0.344 e. The van der Waals surface area contributed by atoms with Crippen LogP contribution >= 0.6 is 0 Å². The van der Waals surface area contributed by atoms with Crippen LogP contribution in [0.5, 0.6) is 0 Å². The molecule has 2 aromatic carbocycles. The van der Waals surface area contributed by atoms with E-state index in [1.165, 1.54) is 6.07 Å². The number of aromatic nitrogens is 2. The number of carbonyl (C=O) groups excluding carboxylic acids is 1. The van der Waals surface area contributed by atoms with E-state index in [2.05, 4.69) is 20.6 Å². The van der Waals surface area contributed by atoms with Crippen LogP contribution in [0.1, 0.15) is 34.7 Å². The van der Waals surface area contributed by atoms with Gasteiger partial charge in [0.2, 0.25) is 5.95 Å². The highest BCUT2D eigenvalue weighted by Gasteiger charge is 2.17. The van der Waals surface area contributed by atoms with Crippen molar-refractivity contribution in [1.82, 2.24) is 15.3 Å². The average Bonchev–Trinajstić information content (AvgIpc) is 2.68. The van der Waals surface area contributed by atoms with Crippen molar-refractivity contribution in [2.45, 2.75) is 19.9 Å². The van der Waals surface area contributed by atoms with Gasteiger partial charge in [-0.1, -0.05) is 30.3 Å². The predicted molar refractivity (Wildman–Crippen MR) is 98.7 cm³/mol. The maximum atomic E-state index is 13.9. The lowest BCUT2D eigenvalue weighted by Gasteiger charge is -2.15. The van der Waals surface area contributed by atoms with Crippen molar-refractivity contribution in [1.29, 1.82) is 0 Å². The van der Waals surface area contributed by atoms with Crippen molar-refractivity contribution in [2.75, 3.05) is 5.32 Å². The van der Waals surface area contributed by atoms with E-state index in [-0.39, 0.29) is 23.4 Å². The van der Waals surface area contributed by atoms with Crippen LogP contribution in [0, 0.1) is 24.4 Å². The normalized spacial score (nSPS) is 11.8. The Morgan fingerprint density at radius 2 is 1.71 bits per heavy atom. The molecule has 5 nitrogen and oxygen atoms in total. The molecule has 1 amide bonds. The van der Waals surface area contributed by atoms with Gasteiger partial charge in [0, 0.05) is 5.69 Å². The summed E-state index contributed by atoms with van der Waals surface area (Å²) in [5.41, 5.74) is 1.08. The van der Waals surface area contributed by atoms with Gasteiger partial charge in [0.15, 0.2) is 17.5 Å². The Morgan fingerprint density at radius 1 is 1.00 bits per heavy atom. The first-order chi connectivity index (χ1) is 13.3. The van der Waals surface area contributed by atoms with Crippen LogP contribution in [0.3, 0.4) is 0 Å². The summed E-state index contributed by atoms with van der Waals surface area (Å²) in [5.74, 6) is -4.86. The molecule has 0 radical (unpaired) electrons. The van der Waals surface area contributed by atoms with Crippen LogP contribution in [0.2, 0.25) is 0 Å². The van der Waals surface area contributed by atoms with Gasteiger partial charge in [0.25, 0.3) is 5.91 Å². The molecule has 0 aliphatic carbocycles. The van der Waals surface area contributed by atoms with Crippen molar-refractivity contribution in [3.63, 3.8) is 0 Å². The van der Waals surface area contributed by atoms with Crippen LogP contribution in [0.4, 0.5) is 24.8 Å². The number of nitrogens with one attached hydrogen (secondary N) is 2. The average molecular weight is 386 g/mol. The molecular formula is C20H17F3N4O. The van der Waals surface area contributed by atoms with Gasteiger partial charge in [-0.3, -0.25) is 4.79 Å². The van der Waals surface area contributed by atoms with Crippen molar-refractivity contribution < 1.29 is 18.0 Å². The van der Waals surface area contributed by atoms with Crippen LogP contribution in [-0.4, -0.2) is 15.9 Å². The first-order valence-corrected chi connectivity index (χ1v) is 8.47.